The number of halogens is 1. The van der Waals surface area contributed by atoms with Crippen molar-refractivity contribution in [3.8, 4) is 0 Å². The largest absolute Gasteiger partial charge is 0.379 e. The molecule has 2 aromatic heterocycles. The maximum Gasteiger partial charge on any atom is 0.189 e. The predicted octanol–water partition coefficient (Wildman–Crippen LogP) is 4.57. The first-order valence-corrected chi connectivity index (χ1v) is 9.33. The molecule has 2 aromatic rings. The van der Waals surface area contributed by atoms with E-state index in [-0.39, 0.29) is 0 Å². The summed E-state index contributed by atoms with van der Waals surface area (Å²) >= 11 is 7.92. The van der Waals surface area contributed by atoms with E-state index in [4.69, 9.17) is 16.6 Å². The molecule has 1 N–H and O–H groups in total. The average molecular weight is 347 g/mol. The van der Waals surface area contributed by atoms with Gasteiger partial charge < -0.3 is 5.32 Å². The third-order valence-corrected chi connectivity index (χ3v) is 4.82. The average Bonchev–Trinajstić information content (AvgIpc) is 3.24. The summed E-state index contributed by atoms with van der Waals surface area (Å²) < 4.78 is 0. The summed E-state index contributed by atoms with van der Waals surface area (Å²) in [6, 6.07) is 2.14. The van der Waals surface area contributed by atoms with Crippen molar-refractivity contribution in [3.05, 3.63) is 40.0 Å². The number of anilines is 1. The van der Waals surface area contributed by atoms with E-state index in [0.717, 1.165) is 40.5 Å². The van der Waals surface area contributed by atoms with Crippen LogP contribution in [0.3, 0.4) is 0 Å². The minimum Gasteiger partial charge on any atom is -0.379 e. The molecule has 1 aliphatic rings. The Labute approximate surface area is 148 Å². The van der Waals surface area contributed by atoms with E-state index in [1.807, 2.05) is 38.7 Å². The van der Waals surface area contributed by atoms with Gasteiger partial charge in [0.15, 0.2) is 7.28 Å². The lowest BCUT2D eigenvalue weighted by Gasteiger charge is -2.16. The van der Waals surface area contributed by atoms with Gasteiger partial charge in [-0.05, 0) is 23.9 Å². The third kappa shape index (κ3) is 4.15. The highest BCUT2D eigenvalue weighted by atomic mass is 35.5. The zero-order valence-electron chi connectivity index (χ0n) is 14.1. The normalized spacial score (nSPS) is 13.3. The standard InChI is InChI=1S/C15H16BClN3S.C2H6/c1-3-9(2)11-6-12(19-8-13-18-4-5-21-13)14-15(20-11)10(17)7-16-14;1-2/h4-7,9H,3,8H2,1-2H3,(H,19,20);1-2H3. The van der Waals surface area contributed by atoms with Crippen LogP contribution in [0.2, 0.25) is 0 Å². The van der Waals surface area contributed by atoms with Crippen LogP contribution >= 0.6 is 22.9 Å². The van der Waals surface area contributed by atoms with Gasteiger partial charge in [0.25, 0.3) is 0 Å². The molecular formula is C17H22BClN3S. The lowest BCUT2D eigenvalue weighted by Crippen LogP contribution is -2.21. The lowest BCUT2D eigenvalue weighted by molar-refractivity contribution is 0.708. The number of fused-ring (bicyclic) bond motifs is 1. The zero-order chi connectivity index (χ0) is 16.8. The second-order valence-corrected chi connectivity index (χ2v) is 6.51. The van der Waals surface area contributed by atoms with E-state index in [9.17, 15) is 0 Å². The number of hydrogen-bond acceptors (Lipinski definition) is 4. The van der Waals surface area contributed by atoms with Crippen molar-refractivity contribution in [1.29, 1.82) is 0 Å². The van der Waals surface area contributed by atoms with Crippen molar-refractivity contribution in [2.75, 3.05) is 5.32 Å². The summed E-state index contributed by atoms with van der Waals surface area (Å²) in [6.45, 7) is 9.08. The summed E-state index contributed by atoms with van der Waals surface area (Å²) in [7, 11) is 2.02. The van der Waals surface area contributed by atoms with Gasteiger partial charge in [-0.15, -0.1) is 11.3 Å². The minimum absolute atomic E-state index is 0.417. The van der Waals surface area contributed by atoms with E-state index in [1.54, 1.807) is 11.3 Å². The number of nitrogens with zero attached hydrogens (tertiary/aromatic N) is 2. The van der Waals surface area contributed by atoms with Crippen molar-refractivity contribution < 1.29 is 0 Å². The Kier molecular flexibility index (Phi) is 6.66. The number of hydrogen-bond donors (Lipinski definition) is 1. The Morgan fingerprint density at radius 2 is 2.17 bits per heavy atom. The summed E-state index contributed by atoms with van der Waals surface area (Å²) in [5, 5.41) is 7.25. The fourth-order valence-corrected chi connectivity index (χ4v) is 3.04. The van der Waals surface area contributed by atoms with Gasteiger partial charge in [0.1, 0.15) is 5.01 Å². The number of nitrogens with one attached hydrogen (secondary N) is 1. The van der Waals surface area contributed by atoms with Crippen molar-refractivity contribution in [2.45, 2.75) is 46.6 Å². The summed E-state index contributed by atoms with van der Waals surface area (Å²) in [5.41, 5.74) is 4.12. The number of pyridine rings is 1. The monoisotopic (exact) mass is 346 g/mol. The minimum atomic E-state index is 0.417. The Morgan fingerprint density at radius 1 is 1.39 bits per heavy atom. The summed E-state index contributed by atoms with van der Waals surface area (Å²) in [5.74, 6) is 2.33. The number of aromatic nitrogens is 2. The van der Waals surface area contributed by atoms with Crippen LogP contribution in [0.4, 0.5) is 5.69 Å². The highest BCUT2D eigenvalue weighted by molar-refractivity contribution is 7.09. The van der Waals surface area contributed by atoms with Crippen LogP contribution in [-0.2, 0) is 6.54 Å². The van der Waals surface area contributed by atoms with Crippen molar-refractivity contribution in [1.82, 2.24) is 9.97 Å². The van der Waals surface area contributed by atoms with E-state index in [1.165, 1.54) is 0 Å². The molecule has 6 heteroatoms. The maximum absolute atomic E-state index is 6.26. The zero-order valence-corrected chi connectivity index (χ0v) is 15.6. The molecule has 0 amide bonds. The molecule has 1 atom stereocenters. The van der Waals surface area contributed by atoms with E-state index in [0.29, 0.717) is 11.0 Å². The van der Waals surface area contributed by atoms with Crippen molar-refractivity contribution in [3.63, 3.8) is 0 Å². The Balaban J connectivity index is 0.000000924. The van der Waals surface area contributed by atoms with Crippen LogP contribution in [0.25, 0.3) is 5.03 Å². The van der Waals surface area contributed by atoms with Crippen LogP contribution in [0.5, 0.6) is 0 Å². The van der Waals surface area contributed by atoms with Gasteiger partial charge in [0.2, 0.25) is 0 Å². The summed E-state index contributed by atoms with van der Waals surface area (Å²) in [4.78, 5) is 9.03. The quantitative estimate of drug-likeness (QED) is 0.806. The lowest BCUT2D eigenvalue weighted by atomic mass is 9.73. The van der Waals surface area contributed by atoms with Crippen LogP contribution < -0.4 is 10.8 Å². The second-order valence-electron chi connectivity index (χ2n) is 5.13. The molecular weight excluding hydrogens is 325 g/mol. The van der Waals surface area contributed by atoms with Crippen LogP contribution in [0.1, 0.15) is 56.4 Å². The van der Waals surface area contributed by atoms with E-state index in [2.05, 4.69) is 30.2 Å². The van der Waals surface area contributed by atoms with Gasteiger partial charge in [-0.1, -0.05) is 45.3 Å². The molecule has 0 saturated heterocycles. The number of thiazole rings is 1. The van der Waals surface area contributed by atoms with E-state index >= 15 is 0 Å². The van der Waals surface area contributed by atoms with Gasteiger partial charge >= 0.3 is 0 Å². The SMILES string of the molecule is CC.CCC(C)c1cc(NCc2nccs2)c2c(n1)C(Cl)=C[B]2. The molecule has 1 aliphatic heterocycles. The van der Waals surface area contributed by atoms with Crippen LogP contribution in [0.15, 0.2) is 23.6 Å². The topological polar surface area (TPSA) is 37.8 Å². The molecule has 3 heterocycles. The van der Waals surface area contributed by atoms with Crippen LogP contribution in [-0.4, -0.2) is 17.2 Å². The van der Waals surface area contributed by atoms with Crippen molar-refractivity contribution >= 4 is 46.4 Å². The highest BCUT2D eigenvalue weighted by Gasteiger charge is 2.21. The molecule has 1 radical (unpaired) electrons. The smallest absolute Gasteiger partial charge is 0.189 e. The van der Waals surface area contributed by atoms with Gasteiger partial charge in [-0.25, -0.2) is 4.98 Å². The van der Waals surface area contributed by atoms with Gasteiger partial charge in [-0.3, -0.25) is 4.98 Å². The predicted molar refractivity (Wildman–Crippen MR) is 103 cm³/mol. The molecule has 0 fully saturated rings. The van der Waals surface area contributed by atoms with Crippen LogP contribution in [0, 0.1) is 0 Å². The van der Waals surface area contributed by atoms with Crippen molar-refractivity contribution in [2.24, 2.45) is 0 Å². The first kappa shape index (κ1) is 18.0. The molecule has 23 heavy (non-hydrogen) atoms. The third-order valence-electron chi connectivity index (χ3n) is 3.73. The molecule has 121 valence electrons. The molecule has 0 aromatic carbocycles. The Morgan fingerprint density at radius 3 is 2.83 bits per heavy atom. The summed E-state index contributed by atoms with van der Waals surface area (Å²) in [6.07, 6.45) is 2.89. The molecule has 1 unspecified atom stereocenters. The molecule has 0 aliphatic carbocycles. The Bertz CT molecular complexity index is 671. The maximum atomic E-state index is 6.26. The molecule has 3 rings (SSSR count). The van der Waals surface area contributed by atoms with Gasteiger partial charge in [0, 0.05) is 23.0 Å². The molecule has 0 bridgehead atoms. The molecule has 0 spiro atoms. The fraction of sp³-hybridized carbons (Fsp3) is 0.412. The second kappa shape index (κ2) is 8.51. The van der Waals surface area contributed by atoms with E-state index < -0.39 is 0 Å². The first-order chi connectivity index (χ1) is 11.2. The molecule has 3 nitrogen and oxygen atoms in total. The van der Waals surface area contributed by atoms with Gasteiger partial charge in [0.05, 0.1) is 17.3 Å². The highest BCUT2D eigenvalue weighted by Crippen LogP contribution is 2.27. The number of rotatable bonds is 5. The molecule has 0 saturated carbocycles. The Hall–Kier alpha value is -1.33. The first-order valence-electron chi connectivity index (χ1n) is 8.07. The van der Waals surface area contributed by atoms with Gasteiger partial charge in [-0.2, -0.15) is 0 Å². The fourth-order valence-electron chi connectivity index (χ4n) is 2.28.